The first kappa shape index (κ1) is 14.5. The Labute approximate surface area is 119 Å². The molecule has 1 aromatic heterocycles. The number of nitrogens with two attached hydrogens (primary N) is 1. The molecular weight excluding hydrogens is 256 g/mol. The van der Waals surface area contributed by atoms with Gasteiger partial charge in [-0.2, -0.15) is 0 Å². The second-order valence-corrected chi connectivity index (χ2v) is 5.59. The fourth-order valence-electron chi connectivity index (χ4n) is 2.66. The van der Waals surface area contributed by atoms with Crippen molar-refractivity contribution in [2.24, 2.45) is 16.8 Å². The van der Waals surface area contributed by atoms with Crippen LogP contribution in [0.5, 0.6) is 0 Å². The summed E-state index contributed by atoms with van der Waals surface area (Å²) in [6, 6.07) is 2.19. The molecule has 2 unspecified atom stereocenters. The maximum atomic E-state index is 8.77. The summed E-state index contributed by atoms with van der Waals surface area (Å²) in [5.41, 5.74) is 6.87. The predicted octanol–water partition coefficient (Wildman–Crippen LogP) is 0.266. The number of likely N-dealkylation sites (N-methyl/N-ethyl adjacent to an activating group) is 1. The smallest absolute Gasteiger partial charge is 0.226 e. The van der Waals surface area contributed by atoms with E-state index in [4.69, 9.17) is 10.9 Å². The quantitative estimate of drug-likeness (QED) is 0.357. The zero-order valence-corrected chi connectivity index (χ0v) is 12.4. The van der Waals surface area contributed by atoms with Crippen molar-refractivity contribution in [3.8, 4) is 0 Å². The first-order valence-electron chi connectivity index (χ1n) is 6.67. The van der Waals surface area contributed by atoms with Gasteiger partial charge in [-0.3, -0.25) is 0 Å². The van der Waals surface area contributed by atoms with Gasteiger partial charge in [-0.25, -0.2) is 9.97 Å². The molecule has 7 heteroatoms. The number of rotatable bonds is 3. The SMILES string of the molecule is Cc1cc(/C(N)=N/O)nc(N2CC(C)C(N(C)C)C2)n1. The molecule has 0 amide bonds. The Morgan fingerprint density at radius 3 is 2.70 bits per heavy atom. The highest BCUT2D eigenvalue weighted by atomic mass is 16.4. The van der Waals surface area contributed by atoms with Crippen LogP contribution in [0.2, 0.25) is 0 Å². The molecule has 1 aliphatic heterocycles. The van der Waals surface area contributed by atoms with E-state index in [1.54, 1.807) is 6.07 Å². The van der Waals surface area contributed by atoms with E-state index >= 15 is 0 Å². The lowest BCUT2D eigenvalue weighted by atomic mass is 10.1. The molecule has 0 aromatic carbocycles. The molecule has 2 rings (SSSR count). The minimum absolute atomic E-state index is 0.00755. The predicted molar refractivity (Wildman–Crippen MR) is 78.1 cm³/mol. The van der Waals surface area contributed by atoms with E-state index < -0.39 is 0 Å². The number of hydrogen-bond acceptors (Lipinski definition) is 6. The molecule has 1 fully saturated rings. The highest BCUT2D eigenvalue weighted by molar-refractivity contribution is 5.95. The van der Waals surface area contributed by atoms with Gasteiger partial charge < -0.3 is 20.7 Å². The van der Waals surface area contributed by atoms with Crippen molar-refractivity contribution in [2.75, 3.05) is 32.1 Å². The van der Waals surface area contributed by atoms with E-state index in [1.807, 2.05) is 6.92 Å². The number of anilines is 1. The van der Waals surface area contributed by atoms with Gasteiger partial charge >= 0.3 is 0 Å². The van der Waals surface area contributed by atoms with E-state index in [-0.39, 0.29) is 5.84 Å². The number of aryl methyl sites for hydroxylation is 1. The van der Waals surface area contributed by atoms with Crippen LogP contribution >= 0.6 is 0 Å². The highest BCUT2D eigenvalue weighted by Crippen LogP contribution is 2.23. The molecule has 3 N–H and O–H groups in total. The lowest BCUT2D eigenvalue weighted by molar-refractivity contribution is 0.266. The monoisotopic (exact) mass is 278 g/mol. The van der Waals surface area contributed by atoms with E-state index in [2.05, 4.69) is 45.9 Å². The number of aromatic nitrogens is 2. The van der Waals surface area contributed by atoms with Gasteiger partial charge in [0.2, 0.25) is 5.95 Å². The second kappa shape index (κ2) is 5.62. The molecule has 0 spiro atoms. The number of hydrogen-bond donors (Lipinski definition) is 2. The third-order valence-electron chi connectivity index (χ3n) is 3.73. The standard InChI is InChI=1S/C13H22N6O/c1-8-6-19(7-11(8)18(3)4)13-15-9(2)5-10(16-13)12(14)17-20/h5,8,11,20H,6-7H2,1-4H3,(H2,14,17). The summed E-state index contributed by atoms with van der Waals surface area (Å²) in [7, 11) is 4.17. The molecule has 0 radical (unpaired) electrons. The van der Waals surface area contributed by atoms with Crippen molar-refractivity contribution >= 4 is 11.8 Å². The molecule has 20 heavy (non-hydrogen) atoms. The average molecular weight is 278 g/mol. The fraction of sp³-hybridized carbons (Fsp3) is 0.615. The Morgan fingerprint density at radius 2 is 2.15 bits per heavy atom. The molecule has 1 saturated heterocycles. The molecule has 0 aliphatic carbocycles. The molecule has 7 nitrogen and oxygen atoms in total. The van der Waals surface area contributed by atoms with Crippen LogP contribution < -0.4 is 10.6 Å². The zero-order chi connectivity index (χ0) is 14.9. The Morgan fingerprint density at radius 1 is 1.45 bits per heavy atom. The van der Waals surface area contributed by atoms with Crippen LogP contribution in [0.15, 0.2) is 11.2 Å². The average Bonchev–Trinajstić information content (AvgIpc) is 2.79. The summed E-state index contributed by atoms with van der Waals surface area (Å²) in [5.74, 6) is 1.19. The van der Waals surface area contributed by atoms with Crippen LogP contribution in [-0.2, 0) is 0 Å². The Kier molecular flexibility index (Phi) is 4.08. The molecule has 0 saturated carbocycles. The summed E-state index contributed by atoms with van der Waals surface area (Å²) >= 11 is 0. The zero-order valence-electron chi connectivity index (χ0n) is 12.4. The minimum Gasteiger partial charge on any atom is -0.409 e. The maximum absolute atomic E-state index is 8.77. The lowest BCUT2D eigenvalue weighted by Crippen LogP contribution is -2.34. The van der Waals surface area contributed by atoms with Gasteiger partial charge in [0.25, 0.3) is 0 Å². The lowest BCUT2D eigenvalue weighted by Gasteiger charge is -2.22. The number of amidine groups is 1. The van der Waals surface area contributed by atoms with Gasteiger partial charge in [-0.1, -0.05) is 12.1 Å². The second-order valence-electron chi connectivity index (χ2n) is 5.59. The maximum Gasteiger partial charge on any atom is 0.226 e. The van der Waals surface area contributed by atoms with E-state index in [9.17, 15) is 0 Å². The van der Waals surface area contributed by atoms with Crippen LogP contribution in [0.25, 0.3) is 0 Å². The van der Waals surface area contributed by atoms with Gasteiger partial charge in [0.15, 0.2) is 5.84 Å². The van der Waals surface area contributed by atoms with Gasteiger partial charge in [-0.15, -0.1) is 0 Å². The van der Waals surface area contributed by atoms with Crippen LogP contribution in [0.3, 0.4) is 0 Å². The first-order valence-corrected chi connectivity index (χ1v) is 6.67. The van der Waals surface area contributed by atoms with Crippen molar-refractivity contribution in [3.05, 3.63) is 17.5 Å². The van der Waals surface area contributed by atoms with Crippen LogP contribution in [0.1, 0.15) is 18.3 Å². The Hall–Kier alpha value is -1.89. The molecular formula is C13H22N6O. The van der Waals surface area contributed by atoms with E-state index in [0.29, 0.717) is 23.6 Å². The van der Waals surface area contributed by atoms with E-state index in [1.165, 1.54) is 0 Å². The van der Waals surface area contributed by atoms with Crippen molar-refractivity contribution in [1.29, 1.82) is 0 Å². The summed E-state index contributed by atoms with van der Waals surface area (Å²) in [4.78, 5) is 13.2. The van der Waals surface area contributed by atoms with Gasteiger partial charge in [0.05, 0.1) is 0 Å². The summed E-state index contributed by atoms with van der Waals surface area (Å²) < 4.78 is 0. The summed E-state index contributed by atoms with van der Waals surface area (Å²) in [5, 5.41) is 11.8. The van der Waals surface area contributed by atoms with Gasteiger partial charge in [0.1, 0.15) is 5.69 Å². The summed E-state index contributed by atoms with van der Waals surface area (Å²) in [6.07, 6.45) is 0. The number of oxime groups is 1. The molecule has 0 bridgehead atoms. The van der Waals surface area contributed by atoms with Crippen molar-refractivity contribution in [1.82, 2.24) is 14.9 Å². The molecule has 2 heterocycles. The van der Waals surface area contributed by atoms with Crippen molar-refractivity contribution < 1.29 is 5.21 Å². The minimum atomic E-state index is 0.00755. The topological polar surface area (TPSA) is 90.9 Å². The molecule has 1 aliphatic rings. The van der Waals surface area contributed by atoms with Crippen molar-refractivity contribution in [2.45, 2.75) is 19.9 Å². The first-order chi connectivity index (χ1) is 9.42. The normalized spacial score (nSPS) is 23.6. The van der Waals surface area contributed by atoms with Crippen molar-refractivity contribution in [3.63, 3.8) is 0 Å². The largest absolute Gasteiger partial charge is 0.409 e. The van der Waals surface area contributed by atoms with E-state index in [0.717, 1.165) is 18.8 Å². The Bertz CT molecular complexity index is 516. The Balaban J connectivity index is 2.28. The molecule has 2 atom stereocenters. The van der Waals surface area contributed by atoms with Gasteiger partial charge in [0, 0.05) is 24.8 Å². The van der Waals surface area contributed by atoms with Crippen LogP contribution in [0, 0.1) is 12.8 Å². The van der Waals surface area contributed by atoms with Gasteiger partial charge in [-0.05, 0) is 33.0 Å². The van der Waals surface area contributed by atoms with Crippen LogP contribution in [0.4, 0.5) is 5.95 Å². The number of nitrogens with zero attached hydrogens (tertiary/aromatic N) is 5. The third-order valence-corrected chi connectivity index (χ3v) is 3.73. The highest BCUT2D eigenvalue weighted by Gasteiger charge is 2.32. The third kappa shape index (κ3) is 2.82. The molecule has 1 aromatic rings. The summed E-state index contributed by atoms with van der Waals surface area (Å²) in [6.45, 7) is 5.89. The fourth-order valence-corrected chi connectivity index (χ4v) is 2.66. The molecule has 110 valence electrons. The van der Waals surface area contributed by atoms with Crippen LogP contribution in [-0.4, -0.2) is 59.1 Å².